The van der Waals surface area contributed by atoms with Gasteiger partial charge in [0.25, 0.3) is 0 Å². The number of nitrogens with zero attached hydrogens (tertiary/aromatic N) is 3. The molecule has 1 heterocycles. The van der Waals surface area contributed by atoms with E-state index in [0.29, 0.717) is 17.6 Å². The monoisotopic (exact) mass is 191 g/mol. The molecule has 14 heavy (non-hydrogen) atoms. The molecule has 0 radical (unpaired) electrons. The van der Waals surface area contributed by atoms with Crippen molar-refractivity contribution in [2.75, 3.05) is 0 Å². The average molecular weight is 191 g/mol. The van der Waals surface area contributed by atoms with Crippen LogP contribution >= 0.6 is 0 Å². The van der Waals surface area contributed by atoms with E-state index in [4.69, 9.17) is 9.78 Å². The molecule has 0 bridgehead atoms. The minimum absolute atomic E-state index is 0.244. The van der Waals surface area contributed by atoms with Gasteiger partial charge in [-0.1, -0.05) is 18.0 Å². The van der Waals surface area contributed by atoms with Crippen LogP contribution in [0.5, 0.6) is 0 Å². The van der Waals surface area contributed by atoms with Gasteiger partial charge in [-0.15, -0.1) is 0 Å². The van der Waals surface area contributed by atoms with Crippen molar-refractivity contribution in [1.82, 2.24) is 10.1 Å². The molecule has 2 rings (SSSR count). The largest absolute Gasteiger partial charge is 0.339 e. The molecule has 1 fully saturated rings. The highest BCUT2D eigenvalue weighted by Gasteiger charge is 2.18. The first kappa shape index (κ1) is 9.20. The van der Waals surface area contributed by atoms with Crippen LogP contribution in [0.3, 0.4) is 0 Å². The molecule has 74 valence electrons. The van der Waals surface area contributed by atoms with Gasteiger partial charge < -0.3 is 4.52 Å². The molecule has 0 unspecified atom stereocenters. The van der Waals surface area contributed by atoms with Gasteiger partial charge >= 0.3 is 0 Å². The SMILES string of the molecule is N#CCc1noc(CC2CCCC2)n1. The first-order chi connectivity index (χ1) is 6.88. The Hall–Kier alpha value is -1.37. The molecular formula is C10H13N3O. The van der Waals surface area contributed by atoms with E-state index in [1.807, 2.05) is 6.07 Å². The maximum Gasteiger partial charge on any atom is 0.226 e. The third-order valence-electron chi connectivity index (χ3n) is 2.69. The van der Waals surface area contributed by atoms with E-state index in [1.165, 1.54) is 25.7 Å². The maximum atomic E-state index is 8.44. The topological polar surface area (TPSA) is 62.7 Å². The van der Waals surface area contributed by atoms with Crippen molar-refractivity contribution in [2.24, 2.45) is 5.92 Å². The highest BCUT2D eigenvalue weighted by Crippen LogP contribution is 2.27. The first-order valence-electron chi connectivity index (χ1n) is 5.07. The van der Waals surface area contributed by atoms with Crippen LogP contribution in [0.25, 0.3) is 0 Å². The molecule has 1 aliphatic rings. The van der Waals surface area contributed by atoms with Crippen LogP contribution in [-0.2, 0) is 12.8 Å². The van der Waals surface area contributed by atoms with E-state index in [0.717, 1.165) is 6.42 Å². The van der Waals surface area contributed by atoms with Crippen molar-refractivity contribution in [1.29, 1.82) is 5.26 Å². The van der Waals surface area contributed by atoms with Crippen LogP contribution in [0.4, 0.5) is 0 Å². The predicted molar refractivity (Wildman–Crippen MR) is 49.3 cm³/mol. The second-order valence-corrected chi connectivity index (χ2v) is 3.79. The molecule has 4 nitrogen and oxygen atoms in total. The Morgan fingerprint density at radius 3 is 2.93 bits per heavy atom. The molecule has 0 spiro atoms. The number of hydrogen-bond donors (Lipinski definition) is 0. The Labute approximate surface area is 82.9 Å². The lowest BCUT2D eigenvalue weighted by molar-refractivity contribution is 0.350. The van der Waals surface area contributed by atoms with Crippen molar-refractivity contribution >= 4 is 0 Å². The Bertz CT molecular complexity index is 333. The third kappa shape index (κ3) is 2.11. The Kier molecular flexibility index (Phi) is 2.78. The lowest BCUT2D eigenvalue weighted by Crippen LogP contribution is -1.99. The molecule has 1 saturated carbocycles. The summed E-state index contributed by atoms with van der Waals surface area (Å²) in [5.41, 5.74) is 0. The van der Waals surface area contributed by atoms with E-state index >= 15 is 0 Å². The molecule has 1 aromatic rings. The van der Waals surface area contributed by atoms with Gasteiger partial charge in [0.1, 0.15) is 0 Å². The number of aromatic nitrogens is 2. The fourth-order valence-corrected chi connectivity index (χ4v) is 1.98. The minimum Gasteiger partial charge on any atom is -0.339 e. The zero-order valence-corrected chi connectivity index (χ0v) is 8.07. The maximum absolute atomic E-state index is 8.44. The minimum atomic E-state index is 0.244. The highest BCUT2D eigenvalue weighted by atomic mass is 16.5. The zero-order valence-electron chi connectivity index (χ0n) is 8.07. The highest BCUT2D eigenvalue weighted by molar-refractivity contribution is 4.95. The summed E-state index contributed by atoms with van der Waals surface area (Å²) in [4.78, 5) is 4.16. The molecule has 0 aliphatic heterocycles. The summed E-state index contributed by atoms with van der Waals surface area (Å²) in [6.07, 6.45) is 6.33. The molecule has 1 aliphatic carbocycles. The molecule has 0 saturated heterocycles. The van der Waals surface area contributed by atoms with Gasteiger partial charge in [0.15, 0.2) is 5.82 Å². The van der Waals surface area contributed by atoms with Crippen LogP contribution in [0.15, 0.2) is 4.52 Å². The van der Waals surface area contributed by atoms with Gasteiger partial charge in [0, 0.05) is 6.42 Å². The quantitative estimate of drug-likeness (QED) is 0.731. The summed E-state index contributed by atoms with van der Waals surface area (Å²) in [5.74, 6) is 1.92. The Morgan fingerprint density at radius 2 is 2.21 bits per heavy atom. The van der Waals surface area contributed by atoms with Crippen LogP contribution in [-0.4, -0.2) is 10.1 Å². The summed E-state index contributed by atoms with van der Waals surface area (Å²) in [5, 5.41) is 12.2. The van der Waals surface area contributed by atoms with Gasteiger partial charge in [-0.25, -0.2) is 0 Å². The van der Waals surface area contributed by atoms with Crippen molar-refractivity contribution in [3.8, 4) is 6.07 Å². The second-order valence-electron chi connectivity index (χ2n) is 3.79. The lowest BCUT2D eigenvalue weighted by atomic mass is 10.0. The summed E-state index contributed by atoms with van der Waals surface area (Å²) in [7, 11) is 0. The van der Waals surface area contributed by atoms with Crippen LogP contribution < -0.4 is 0 Å². The Balaban J connectivity index is 1.92. The summed E-state index contributed by atoms with van der Waals surface area (Å²) in [6, 6.07) is 2.01. The molecular weight excluding hydrogens is 178 g/mol. The number of hydrogen-bond acceptors (Lipinski definition) is 4. The Morgan fingerprint density at radius 1 is 1.43 bits per heavy atom. The predicted octanol–water partition coefficient (Wildman–Crippen LogP) is 1.87. The number of nitriles is 1. The van der Waals surface area contributed by atoms with E-state index in [1.54, 1.807) is 0 Å². The van der Waals surface area contributed by atoms with Crippen LogP contribution in [0.1, 0.15) is 37.4 Å². The van der Waals surface area contributed by atoms with Gasteiger partial charge in [0.2, 0.25) is 5.89 Å². The molecule has 1 aromatic heterocycles. The van der Waals surface area contributed by atoms with Gasteiger partial charge in [-0.3, -0.25) is 0 Å². The molecule has 0 atom stereocenters. The summed E-state index contributed by atoms with van der Waals surface area (Å²) >= 11 is 0. The van der Waals surface area contributed by atoms with Crippen molar-refractivity contribution in [2.45, 2.75) is 38.5 Å². The molecule has 0 N–H and O–H groups in total. The average Bonchev–Trinajstić information content (AvgIpc) is 2.79. The second kappa shape index (κ2) is 4.23. The normalized spacial score (nSPS) is 17.1. The lowest BCUT2D eigenvalue weighted by Gasteiger charge is -2.02. The van der Waals surface area contributed by atoms with Crippen LogP contribution in [0, 0.1) is 17.2 Å². The van der Waals surface area contributed by atoms with Crippen molar-refractivity contribution in [3.05, 3.63) is 11.7 Å². The fraction of sp³-hybridized carbons (Fsp3) is 0.700. The van der Waals surface area contributed by atoms with Gasteiger partial charge in [0.05, 0.1) is 12.5 Å². The summed E-state index contributed by atoms with van der Waals surface area (Å²) in [6.45, 7) is 0. The standard InChI is InChI=1S/C10H13N3O/c11-6-5-9-12-10(14-13-9)7-8-3-1-2-4-8/h8H,1-5,7H2. The molecule has 4 heteroatoms. The zero-order chi connectivity index (χ0) is 9.80. The molecule has 0 aromatic carbocycles. The third-order valence-corrected chi connectivity index (χ3v) is 2.69. The van der Waals surface area contributed by atoms with Gasteiger partial charge in [-0.05, 0) is 18.8 Å². The van der Waals surface area contributed by atoms with E-state index in [-0.39, 0.29) is 6.42 Å². The van der Waals surface area contributed by atoms with E-state index in [9.17, 15) is 0 Å². The van der Waals surface area contributed by atoms with Crippen molar-refractivity contribution in [3.63, 3.8) is 0 Å². The summed E-state index contributed by atoms with van der Waals surface area (Å²) < 4.78 is 5.07. The van der Waals surface area contributed by atoms with Crippen molar-refractivity contribution < 1.29 is 4.52 Å². The van der Waals surface area contributed by atoms with Crippen LogP contribution in [0.2, 0.25) is 0 Å². The van der Waals surface area contributed by atoms with E-state index < -0.39 is 0 Å². The van der Waals surface area contributed by atoms with E-state index in [2.05, 4.69) is 10.1 Å². The fourth-order valence-electron chi connectivity index (χ4n) is 1.98. The molecule has 0 amide bonds. The first-order valence-corrected chi connectivity index (χ1v) is 5.07. The number of rotatable bonds is 3. The van der Waals surface area contributed by atoms with Gasteiger partial charge in [-0.2, -0.15) is 10.2 Å². The smallest absolute Gasteiger partial charge is 0.226 e.